The van der Waals surface area contributed by atoms with Crippen molar-refractivity contribution in [2.75, 3.05) is 25.6 Å². The molecule has 1 unspecified atom stereocenters. The Hall–Kier alpha value is -1.40. The van der Waals surface area contributed by atoms with Gasteiger partial charge < -0.3 is 15.4 Å². The molecule has 6 nitrogen and oxygen atoms in total. The van der Waals surface area contributed by atoms with E-state index in [4.69, 9.17) is 16.3 Å². The topological polar surface area (TPSA) is 76.1 Å². The smallest absolute Gasteiger partial charge is 0.242 e. The molecular formula is C11H17ClN4O2. The van der Waals surface area contributed by atoms with Crippen LogP contribution in [-0.2, 0) is 9.53 Å². The molecule has 18 heavy (non-hydrogen) atoms. The number of nitrogens with zero attached hydrogens (tertiary/aromatic N) is 2. The van der Waals surface area contributed by atoms with Gasteiger partial charge in [-0.05, 0) is 13.8 Å². The van der Waals surface area contributed by atoms with Crippen LogP contribution in [0.1, 0.15) is 12.7 Å². The molecule has 1 rings (SSSR count). The Morgan fingerprint density at radius 2 is 2.28 bits per heavy atom. The van der Waals surface area contributed by atoms with Crippen molar-refractivity contribution in [1.82, 2.24) is 15.3 Å². The molecule has 0 aliphatic rings. The van der Waals surface area contributed by atoms with Crippen LogP contribution in [0, 0.1) is 6.92 Å². The van der Waals surface area contributed by atoms with Gasteiger partial charge in [-0.25, -0.2) is 9.97 Å². The summed E-state index contributed by atoms with van der Waals surface area (Å²) < 4.78 is 4.85. The molecule has 0 spiro atoms. The van der Waals surface area contributed by atoms with Gasteiger partial charge in [-0.15, -0.1) is 0 Å². The van der Waals surface area contributed by atoms with Crippen molar-refractivity contribution in [3.05, 3.63) is 17.0 Å². The van der Waals surface area contributed by atoms with E-state index in [1.165, 1.54) is 0 Å². The lowest BCUT2D eigenvalue weighted by Crippen LogP contribution is -2.39. The normalized spacial score (nSPS) is 12.0. The summed E-state index contributed by atoms with van der Waals surface area (Å²) in [7, 11) is 1.58. The second-order valence-corrected chi connectivity index (χ2v) is 4.16. The molecule has 1 amide bonds. The summed E-state index contributed by atoms with van der Waals surface area (Å²) in [5.41, 5.74) is 0. The number of methoxy groups -OCH3 is 1. The lowest BCUT2D eigenvalue weighted by Gasteiger charge is -2.14. The lowest BCUT2D eigenvalue weighted by molar-refractivity contribution is -0.121. The molecule has 0 aromatic carbocycles. The first-order valence-corrected chi connectivity index (χ1v) is 5.95. The summed E-state index contributed by atoms with van der Waals surface area (Å²) in [6.07, 6.45) is 0. The monoisotopic (exact) mass is 272 g/mol. The Balaban J connectivity index is 2.52. The van der Waals surface area contributed by atoms with Crippen LogP contribution in [0.5, 0.6) is 0 Å². The number of carbonyl (C=O) groups excluding carboxylic acids is 1. The van der Waals surface area contributed by atoms with E-state index in [2.05, 4.69) is 20.6 Å². The Bertz CT molecular complexity index is 394. The van der Waals surface area contributed by atoms with Crippen molar-refractivity contribution in [2.24, 2.45) is 0 Å². The summed E-state index contributed by atoms with van der Waals surface area (Å²) in [5, 5.41) is 6.04. The van der Waals surface area contributed by atoms with Gasteiger partial charge in [0.1, 0.15) is 22.8 Å². The van der Waals surface area contributed by atoms with Crippen LogP contribution in [0.15, 0.2) is 6.07 Å². The highest BCUT2D eigenvalue weighted by atomic mass is 35.5. The Kier molecular flexibility index (Phi) is 5.80. The van der Waals surface area contributed by atoms with Crippen LogP contribution < -0.4 is 10.6 Å². The van der Waals surface area contributed by atoms with E-state index in [-0.39, 0.29) is 5.91 Å². The molecule has 0 bridgehead atoms. The molecule has 0 radical (unpaired) electrons. The summed E-state index contributed by atoms with van der Waals surface area (Å²) in [4.78, 5) is 19.8. The van der Waals surface area contributed by atoms with Crippen LogP contribution in [0.2, 0.25) is 5.15 Å². The molecule has 0 aliphatic heterocycles. The third-order valence-corrected chi connectivity index (χ3v) is 2.36. The number of anilines is 1. The van der Waals surface area contributed by atoms with Crippen LogP contribution in [-0.4, -0.2) is 42.2 Å². The number of aryl methyl sites for hydroxylation is 1. The minimum Gasteiger partial charge on any atom is -0.383 e. The second-order valence-electron chi connectivity index (χ2n) is 3.77. The van der Waals surface area contributed by atoms with Crippen molar-refractivity contribution >= 4 is 23.3 Å². The maximum atomic E-state index is 11.7. The molecule has 1 atom stereocenters. The zero-order valence-electron chi connectivity index (χ0n) is 10.7. The van der Waals surface area contributed by atoms with Gasteiger partial charge in [-0.3, -0.25) is 4.79 Å². The van der Waals surface area contributed by atoms with E-state index in [1.54, 1.807) is 27.0 Å². The van der Waals surface area contributed by atoms with E-state index < -0.39 is 6.04 Å². The van der Waals surface area contributed by atoms with Gasteiger partial charge in [0.25, 0.3) is 0 Å². The highest BCUT2D eigenvalue weighted by Gasteiger charge is 2.13. The average Bonchev–Trinajstić information content (AvgIpc) is 2.27. The minimum atomic E-state index is -0.410. The molecule has 1 aromatic heterocycles. The quantitative estimate of drug-likeness (QED) is 0.597. The molecule has 1 heterocycles. The maximum Gasteiger partial charge on any atom is 0.242 e. The molecular weight excluding hydrogens is 256 g/mol. The predicted octanol–water partition coefficient (Wildman–Crippen LogP) is 1.00. The summed E-state index contributed by atoms with van der Waals surface area (Å²) >= 11 is 5.81. The maximum absolute atomic E-state index is 11.7. The van der Waals surface area contributed by atoms with E-state index in [1.807, 2.05) is 0 Å². The molecule has 2 N–H and O–H groups in total. The summed E-state index contributed by atoms with van der Waals surface area (Å²) in [6.45, 7) is 4.44. The fraction of sp³-hybridized carbons (Fsp3) is 0.545. The van der Waals surface area contributed by atoms with Crippen molar-refractivity contribution in [2.45, 2.75) is 19.9 Å². The molecule has 0 saturated heterocycles. The minimum absolute atomic E-state index is 0.126. The Morgan fingerprint density at radius 3 is 2.89 bits per heavy atom. The van der Waals surface area contributed by atoms with E-state index in [0.717, 1.165) is 0 Å². The van der Waals surface area contributed by atoms with Gasteiger partial charge in [-0.1, -0.05) is 11.6 Å². The number of rotatable bonds is 6. The highest BCUT2D eigenvalue weighted by Crippen LogP contribution is 2.11. The standard InChI is InChI=1S/C11H17ClN4O2/c1-7(11(17)13-4-5-18-3)14-10-6-9(12)15-8(2)16-10/h6-7H,4-5H2,1-3H3,(H,13,17)(H,14,15,16). The van der Waals surface area contributed by atoms with E-state index in [0.29, 0.717) is 29.9 Å². The van der Waals surface area contributed by atoms with Crippen LogP contribution in [0.25, 0.3) is 0 Å². The zero-order valence-corrected chi connectivity index (χ0v) is 11.4. The summed E-state index contributed by atoms with van der Waals surface area (Å²) in [6, 6.07) is 1.17. The zero-order chi connectivity index (χ0) is 13.5. The number of ether oxygens (including phenoxy) is 1. The molecule has 7 heteroatoms. The summed E-state index contributed by atoms with van der Waals surface area (Å²) in [5.74, 6) is 0.957. The van der Waals surface area contributed by atoms with Gasteiger partial charge in [-0.2, -0.15) is 0 Å². The number of hydrogen-bond acceptors (Lipinski definition) is 5. The van der Waals surface area contributed by atoms with Crippen LogP contribution >= 0.6 is 11.6 Å². The number of nitrogens with one attached hydrogen (secondary N) is 2. The van der Waals surface area contributed by atoms with Gasteiger partial charge in [0.2, 0.25) is 5.91 Å². The van der Waals surface area contributed by atoms with Gasteiger partial charge in [0.05, 0.1) is 6.61 Å². The largest absolute Gasteiger partial charge is 0.383 e. The SMILES string of the molecule is COCCNC(=O)C(C)Nc1cc(Cl)nc(C)n1. The average molecular weight is 273 g/mol. The molecule has 100 valence electrons. The van der Waals surface area contributed by atoms with Gasteiger partial charge >= 0.3 is 0 Å². The third kappa shape index (κ3) is 4.85. The lowest BCUT2D eigenvalue weighted by atomic mass is 10.3. The first-order valence-electron chi connectivity index (χ1n) is 5.57. The van der Waals surface area contributed by atoms with Crippen molar-refractivity contribution in [1.29, 1.82) is 0 Å². The number of halogens is 1. The Morgan fingerprint density at radius 1 is 1.56 bits per heavy atom. The van der Waals surface area contributed by atoms with Crippen molar-refractivity contribution in [3.63, 3.8) is 0 Å². The molecule has 0 aliphatic carbocycles. The Labute approximate surface area is 111 Å². The number of amides is 1. The molecule has 1 aromatic rings. The highest BCUT2D eigenvalue weighted by molar-refractivity contribution is 6.29. The fourth-order valence-electron chi connectivity index (χ4n) is 1.32. The number of hydrogen-bond donors (Lipinski definition) is 2. The van der Waals surface area contributed by atoms with Crippen molar-refractivity contribution in [3.8, 4) is 0 Å². The fourth-order valence-corrected chi connectivity index (χ4v) is 1.55. The van der Waals surface area contributed by atoms with E-state index in [9.17, 15) is 4.79 Å². The second kappa shape index (κ2) is 7.13. The van der Waals surface area contributed by atoms with Gasteiger partial charge in [0, 0.05) is 19.7 Å². The number of carbonyl (C=O) groups is 1. The van der Waals surface area contributed by atoms with E-state index >= 15 is 0 Å². The molecule has 0 fully saturated rings. The first kappa shape index (κ1) is 14.7. The molecule has 0 saturated carbocycles. The third-order valence-electron chi connectivity index (χ3n) is 2.17. The van der Waals surface area contributed by atoms with Gasteiger partial charge in [0.15, 0.2) is 0 Å². The number of aromatic nitrogens is 2. The van der Waals surface area contributed by atoms with Crippen molar-refractivity contribution < 1.29 is 9.53 Å². The first-order chi connectivity index (χ1) is 8.52. The predicted molar refractivity (Wildman–Crippen MR) is 69.7 cm³/mol. The van der Waals surface area contributed by atoms with Crippen LogP contribution in [0.3, 0.4) is 0 Å². The van der Waals surface area contributed by atoms with Crippen LogP contribution in [0.4, 0.5) is 5.82 Å².